The lowest BCUT2D eigenvalue weighted by Crippen LogP contribution is -2.44. The van der Waals surface area contributed by atoms with Crippen LogP contribution in [0, 0.1) is 5.41 Å². The van der Waals surface area contributed by atoms with Gasteiger partial charge >= 0.3 is 0 Å². The second-order valence-corrected chi connectivity index (χ2v) is 12.6. The Morgan fingerprint density at radius 2 is 0.618 bits per heavy atom. The smallest absolute Gasteiger partial charge is 0.00939 e. The summed E-state index contributed by atoms with van der Waals surface area (Å²) in [7, 11) is 3.52. The highest BCUT2D eigenvalue weighted by Crippen LogP contribution is 2.55. The Balaban J connectivity index is 0. The van der Waals surface area contributed by atoms with Gasteiger partial charge in [-0.05, 0) is 42.7 Å². The van der Waals surface area contributed by atoms with E-state index < -0.39 is 0 Å². The van der Waals surface area contributed by atoms with Crippen LogP contribution in [0.1, 0.15) is 195 Å². The molecule has 0 nitrogen and oxygen atoms in total. The molecule has 0 aliphatic rings. The second kappa shape index (κ2) is 25.6. The third-order valence-corrected chi connectivity index (χ3v) is 9.73. The number of halogens is 1. The van der Waals surface area contributed by atoms with E-state index in [1.54, 1.807) is 0 Å². The highest BCUT2D eigenvalue weighted by molar-refractivity contribution is 8.93. The Morgan fingerprint density at radius 3 is 0.971 bits per heavy atom. The summed E-state index contributed by atoms with van der Waals surface area (Å²) in [6.07, 6.45) is 35.9. The Labute approximate surface area is 231 Å². The molecular formula is C32H68BrP. The predicted octanol–water partition coefficient (Wildman–Crippen LogP) is 13.0. The molecule has 0 aromatic carbocycles. The molecule has 34 heavy (non-hydrogen) atoms. The van der Waals surface area contributed by atoms with E-state index in [1.165, 1.54) is 161 Å². The average Bonchev–Trinajstić information content (AvgIpc) is 2.83. The Kier molecular flexibility index (Phi) is 27.9. The molecule has 0 spiro atoms. The molecule has 0 saturated carbocycles. The first-order chi connectivity index (χ1) is 16.1. The van der Waals surface area contributed by atoms with Crippen molar-refractivity contribution in [3.05, 3.63) is 0 Å². The van der Waals surface area contributed by atoms with Crippen molar-refractivity contribution in [1.29, 1.82) is 0 Å². The van der Waals surface area contributed by atoms with Gasteiger partial charge in [0.05, 0.1) is 0 Å². The van der Waals surface area contributed by atoms with Crippen LogP contribution in [0.4, 0.5) is 0 Å². The van der Waals surface area contributed by atoms with Gasteiger partial charge < -0.3 is 0 Å². The minimum Gasteiger partial charge on any atom is -0.131 e. The maximum Gasteiger partial charge on any atom is -0.00939 e. The molecule has 0 amide bonds. The van der Waals surface area contributed by atoms with Crippen molar-refractivity contribution in [3.63, 3.8) is 0 Å². The first-order valence-electron chi connectivity index (χ1n) is 15.8. The first kappa shape index (κ1) is 37.1. The zero-order chi connectivity index (χ0) is 24.7. The molecule has 208 valence electrons. The van der Waals surface area contributed by atoms with Crippen LogP contribution in [0.5, 0.6) is 0 Å². The van der Waals surface area contributed by atoms with E-state index in [1.807, 2.05) is 0 Å². The molecule has 0 aromatic heterocycles. The van der Waals surface area contributed by atoms with E-state index in [4.69, 9.17) is 0 Å². The predicted molar refractivity (Wildman–Crippen MR) is 169 cm³/mol. The first-order valence-corrected chi connectivity index (χ1v) is 16.4. The molecule has 1 atom stereocenters. The molecule has 0 bridgehead atoms. The Bertz CT molecular complexity index is 378. The van der Waals surface area contributed by atoms with Gasteiger partial charge in [-0.15, -0.1) is 26.2 Å². The number of rotatable bonds is 26. The highest BCUT2D eigenvalue weighted by Gasteiger charge is 2.45. The molecule has 0 fully saturated rings. The normalized spacial score (nSPS) is 12.2. The van der Waals surface area contributed by atoms with Crippen molar-refractivity contribution >= 4 is 26.2 Å². The summed E-state index contributed by atoms with van der Waals surface area (Å²) in [5, 5.41) is 0.473. The monoisotopic (exact) mass is 562 g/mol. The number of hydrogen-bond acceptors (Lipinski definition) is 0. The van der Waals surface area contributed by atoms with Crippen molar-refractivity contribution in [2.45, 2.75) is 200 Å². The molecule has 0 aromatic rings. The maximum atomic E-state index is 3.52. The summed E-state index contributed by atoms with van der Waals surface area (Å²) in [6.45, 7) is 11.9. The quantitative estimate of drug-likeness (QED) is 0.0725. The molecule has 2 heteroatoms. The molecule has 0 radical (unpaired) electrons. The largest absolute Gasteiger partial charge is 0.131 e. The lowest BCUT2D eigenvalue weighted by atomic mass is 9.62. The summed E-state index contributed by atoms with van der Waals surface area (Å²) in [5.74, 6) is 0. The van der Waals surface area contributed by atoms with Crippen LogP contribution in [-0.4, -0.2) is 5.16 Å². The third kappa shape index (κ3) is 16.6. The fourth-order valence-corrected chi connectivity index (χ4v) is 6.94. The molecule has 0 aliphatic carbocycles. The molecule has 0 saturated heterocycles. The molecule has 0 aliphatic heterocycles. The van der Waals surface area contributed by atoms with Crippen LogP contribution >= 0.6 is 26.2 Å². The van der Waals surface area contributed by atoms with Gasteiger partial charge in [0.15, 0.2) is 0 Å². The van der Waals surface area contributed by atoms with Crippen LogP contribution in [-0.2, 0) is 0 Å². The van der Waals surface area contributed by atoms with E-state index in [9.17, 15) is 0 Å². The van der Waals surface area contributed by atoms with Crippen LogP contribution in [0.15, 0.2) is 0 Å². The van der Waals surface area contributed by atoms with Crippen molar-refractivity contribution in [2.24, 2.45) is 5.41 Å². The van der Waals surface area contributed by atoms with E-state index in [0.29, 0.717) is 10.6 Å². The maximum absolute atomic E-state index is 3.52. The summed E-state index contributed by atoms with van der Waals surface area (Å²) in [5.41, 5.74) is 0.562. The molecular weight excluding hydrogens is 495 g/mol. The lowest BCUT2D eigenvalue weighted by molar-refractivity contribution is 0.110. The van der Waals surface area contributed by atoms with Crippen molar-refractivity contribution in [1.82, 2.24) is 0 Å². The van der Waals surface area contributed by atoms with E-state index in [2.05, 4.69) is 43.9 Å². The van der Waals surface area contributed by atoms with Gasteiger partial charge in [0.1, 0.15) is 0 Å². The summed E-state index contributed by atoms with van der Waals surface area (Å²) in [6, 6.07) is 0. The topological polar surface area (TPSA) is 0 Å². The summed E-state index contributed by atoms with van der Waals surface area (Å²) >= 11 is 0. The van der Waals surface area contributed by atoms with Crippen LogP contribution in [0.2, 0.25) is 0 Å². The van der Waals surface area contributed by atoms with Crippen molar-refractivity contribution in [2.75, 3.05) is 0 Å². The molecule has 0 N–H and O–H groups in total. The van der Waals surface area contributed by atoms with E-state index in [-0.39, 0.29) is 17.0 Å². The van der Waals surface area contributed by atoms with Crippen molar-refractivity contribution in [3.8, 4) is 0 Å². The Morgan fingerprint density at radius 1 is 0.353 bits per heavy atom. The van der Waals surface area contributed by atoms with E-state index in [0.717, 1.165) is 0 Å². The standard InChI is InChI=1S/C32H67P.BrH/c1-6-11-16-17-18-19-20-21-22-23-24-25-28-31(26-12-7-2,27-13-8-3)32(33,29-14-9-4)30-15-10-5;/h6-30,33H2,1-5H3;1H. The van der Waals surface area contributed by atoms with Gasteiger partial charge in [-0.25, -0.2) is 0 Å². The highest BCUT2D eigenvalue weighted by atomic mass is 79.9. The summed E-state index contributed by atoms with van der Waals surface area (Å²) < 4.78 is 0. The zero-order valence-corrected chi connectivity index (χ0v) is 27.5. The van der Waals surface area contributed by atoms with E-state index >= 15 is 0 Å². The van der Waals surface area contributed by atoms with Gasteiger partial charge in [0.25, 0.3) is 0 Å². The van der Waals surface area contributed by atoms with Crippen LogP contribution < -0.4 is 0 Å². The molecule has 0 heterocycles. The SMILES string of the molecule is Br.CCCCCCCCCCCCCCC(CCCC)(CCCC)C(P)(CCCC)CCCC. The minimum atomic E-state index is 0. The number of hydrogen-bond donors (Lipinski definition) is 0. The second-order valence-electron chi connectivity index (χ2n) is 11.5. The van der Waals surface area contributed by atoms with Crippen molar-refractivity contribution < 1.29 is 0 Å². The average molecular weight is 564 g/mol. The summed E-state index contributed by atoms with van der Waals surface area (Å²) in [4.78, 5) is 0. The van der Waals surface area contributed by atoms with Gasteiger partial charge in [-0.3, -0.25) is 0 Å². The van der Waals surface area contributed by atoms with Gasteiger partial charge in [-0.2, -0.15) is 0 Å². The van der Waals surface area contributed by atoms with Crippen LogP contribution in [0.25, 0.3) is 0 Å². The minimum absolute atomic E-state index is 0. The van der Waals surface area contributed by atoms with Gasteiger partial charge in [-0.1, -0.05) is 163 Å². The van der Waals surface area contributed by atoms with Gasteiger partial charge in [0.2, 0.25) is 0 Å². The lowest BCUT2D eigenvalue weighted by Gasteiger charge is -2.51. The molecule has 0 rings (SSSR count). The number of unbranched alkanes of at least 4 members (excludes halogenated alkanes) is 15. The fourth-order valence-electron chi connectivity index (χ4n) is 6.10. The third-order valence-electron chi connectivity index (χ3n) is 8.54. The fraction of sp³-hybridized carbons (Fsp3) is 1.00. The van der Waals surface area contributed by atoms with Gasteiger partial charge in [0, 0.05) is 0 Å². The van der Waals surface area contributed by atoms with Crippen LogP contribution in [0.3, 0.4) is 0 Å². The Hall–Kier alpha value is 0.910. The zero-order valence-electron chi connectivity index (χ0n) is 24.7. The molecule has 1 unspecified atom stereocenters.